The number of likely N-dealkylation sites (N-methyl/N-ethyl adjacent to an activating group) is 1. The highest BCUT2D eigenvalue weighted by Crippen LogP contribution is 2.34. The zero-order valence-electron chi connectivity index (χ0n) is 12.6. The van der Waals surface area contributed by atoms with Gasteiger partial charge in [-0.05, 0) is 44.8 Å². The second-order valence-corrected chi connectivity index (χ2v) is 6.23. The van der Waals surface area contributed by atoms with Crippen molar-refractivity contribution in [1.29, 1.82) is 0 Å². The molecule has 2 heterocycles. The first-order valence-corrected chi connectivity index (χ1v) is 7.68. The summed E-state index contributed by atoms with van der Waals surface area (Å²) >= 11 is 0. The van der Waals surface area contributed by atoms with Crippen LogP contribution in [0.2, 0.25) is 0 Å². The number of ether oxygens (including phenoxy) is 1. The van der Waals surface area contributed by atoms with Crippen molar-refractivity contribution in [3.8, 4) is 0 Å². The third kappa shape index (κ3) is 2.96. The van der Waals surface area contributed by atoms with Crippen molar-refractivity contribution in [2.75, 3.05) is 40.4 Å². The molecule has 4 nitrogen and oxygen atoms in total. The van der Waals surface area contributed by atoms with Crippen LogP contribution in [0, 0.1) is 5.92 Å². The van der Waals surface area contributed by atoms with Gasteiger partial charge in [-0.15, -0.1) is 0 Å². The minimum atomic E-state index is 0.470. The molecule has 0 bridgehead atoms. The number of nitrogens with zero attached hydrogens (tertiary/aromatic N) is 3. The zero-order valence-corrected chi connectivity index (χ0v) is 12.6. The van der Waals surface area contributed by atoms with E-state index in [0.717, 1.165) is 38.6 Å². The average molecular weight is 275 g/mol. The Bertz CT molecular complexity index is 433. The Hall–Kier alpha value is -1.13. The van der Waals surface area contributed by atoms with Crippen LogP contribution >= 0.6 is 0 Å². The van der Waals surface area contributed by atoms with Gasteiger partial charge in [-0.25, -0.2) is 0 Å². The second-order valence-electron chi connectivity index (χ2n) is 6.23. The Morgan fingerprint density at radius 2 is 2.10 bits per heavy atom. The van der Waals surface area contributed by atoms with Crippen LogP contribution in [0.15, 0.2) is 28.4 Å². The molecule has 0 saturated carbocycles. The molecule has 0 aromatic heterocycles. The van der Waals surface area contributed by atoms with Gasteiger partial charge in [0.05, 0.1) is 12.3 Å². The van der Waals surface area contributed by atoms with Crippen molar-refractivity contribution in [1.82, 2.24) is 9.91 Å². The van der Waals surface area contributed by atoms with Gasteiger partial charge in [0.25, 0.3) is 0 Å². The van der Waals surface area contributed by atoms with E-state index in [4.69, 9.17) is 4.74 Å². The molecule has 1 atom stereocenters. The fourth-order valence-corrected chi connectivity index (χ4v) is 3.24. The average Bonchev–Trinajstić information content (AvgIpc) is 2.88. The van der Waals surface area contributed by atoms with E-state index in [1.165, 1.54) is 18.4 Å². The smallest absolute Gasteiger partial charge is 0.0773 e. The Morgan fingerprint density at radius 3 is 2.85 bits per heavy atom. The van der Waals surface area contributed by atoms with E-state index in [9.17, 15) is 0 Å². The molecule has 3 aliphatic rings. The SMILES string of the molecule is CN(C)CCN1N=CC2=CC=C(C3CCOCC3)CC21. The summed E-state index contributed by atoms with van der Waals surface area (Å²) in [5.74, 6) is 0.720. The molecule has 0 radical (unpaired) electrons. The summed E-state index contributed by atoms with van der Waals surface area (Å²) in [6.45, 7) is 3.90. The van der Waals surface area contributed by atoms with Crippen molar-refractivity contribution in [2.45, 2.75) is 25.3 Å². The van der Waals surface area contributed by atoms with E-state index in [1.54, 1.807) is 5.57 Å². The Kier molecular flexibility index (Phi) is 4.22. The number of hydrazone groups is 1. The third-order valence-corrected chi connectivity index (χ3v) is 4.54. The highest BCUT2D eigenvalue weighted by molar-refractivity contribution is 5.83. The third-order valence-electron chi connectivity index (χ3n) is 4.54. The van der Waals surface area contributed by atoms with Gasteiger partial charge in [0.2, 0.25) is 0 Å². The predicted molar refractivity (Wildman–Crippen MR) is 81.9 cm³/mol. The molecule has 0 N–H and O–H groups in total. The molecule has 0 spiro atoms. The fourth-order valence-electron chi connectivity index (χ4n) is 3.24. The lowest BCUT2D eigenvalue weighted by molar-refractivity contribution is 0.0738. The Morgan fingerprint density at radius 1 is 1.30 bits per heavy atom. The maximum atomic E-state index is 5.48. The first-order chi connectivity index (χ1) is 9.74. The molecular weight excluding hydrogens is 250 g/mol. The van der Waals surface area contributed by atoms with E-state index >= 15 is 0 Å². The molecule has 1 fully saturated rings. The molecule has 2 aliphatic heterocycles. The van der Waals surface area contributed by atoms with Gasteiger partial charge in [0, 0.05) is 26.3 Å². The van der Waals surface area contributed by atoms with Gasteiger partial charge in [-0.2, -0.15) is 5.10 Å². The van der Waals surface area contributed by atoms with Crippen LogP contribution < -0.4 is 0 Å². The Balaban J connectivity index is 1.64. The van der Waals surface area contributed by atoms with Gasteiger partial charge < -0.3 is 9.64 Å². The van der Waals surface area contributed by atoms with Gasteiger partial charge in [0.15, 0.2) is 0 Å². The van der Waals surface area contributed by atoms with Crippen molar-refractivity contribution >= 4 is 6.21 Å². The summed E-state index contributed by atoms with van der Waals surface area (Å²) in [5, 5.41) is 6.85. The summed E-state index contributed by atoms with van der Waals surface area (Å²) in [6.07, 6.45) is 10.2. The van der Waals surface area contributed by atoms with Crippen LogP contribution in [0.1, 0.15) is 19.3 Å². The van der Waals surface area contributed by atoms with Gasteiger partial charge in [-0.3, -0.25) is 5.01 Å². The molecule has 4 heteroatoms. The maximum absolute atomic E-state index is 5.48. The summed E-state index contributed by atoms with van der Waals surface area (Å²) in [7, 11) is 4.23. The summed E-state index contributed by atoms with van der Waals surface area (Å²) in [4.78, 5) is 2.22. The molecular formula is C16H25N3O. The molecule has 1 aliphatic carbocycles. The molecule has 0 amide bonds. The zero-order chi connectivity index (χ0) is 13.9. The lowest BCUT2D eigenvalue weighted by Gasteiger charge is -2.32. The molecule has 3 rings (SSSR count). The number of rotatable bonds is 4. The van der Waals surface area contributed by atoms with E-state index in [1.807, 2.05) is 6.21 Å². The molecule has 0 aromatic rings. The topological polar surface area (TPSA) is 28.1 Å². The maximum Gasteiger partial charge on any atom is 0.0773 e. The van der Waals surface area contributed by atoms with Crippen molar-refractivity contribution in [3.63, 3.8) is 0 Å². The predicted octanol–water partition coefficient (Wildman–Crippen LogP) is 1.90. The van der Waals surface area contributed by atoms with Crippen LogP contribution in [-0.2, 0) is 4.74 Å². The van der Waals surface area contributed by atoms with Crippen molar-refractivity contribution in [2.24, 2.45) is 11.0 Å². The lowest BCUT2D eigenvalue weighted by atomic mass is 9.83. The van der Waals surface area contributed by atoms with E-state index in [0.29, 0.717) is 6.04 Å². The van der Waals surface area contributed by atoms with Gasteiger partial charge in [0.1, 0.15) is 0 Å². The fraction of sp³-hybridized carbons (Fsp3) is 0.688. The first-order valence-electron chi connectivity index (χ1n) is 7.68. The molecule has 20 heavy (non-hydrogen) atoms. The first kappa shape index (κ1) is 13.8. The minimum absolute atomic E-state index is 0.470. The van der Waals surface area contributed by atoms with Crippen LogP contribution in [-0.4, -0.2) is 62.6 Å². The van der Waals surface area contributed by atoms with Crippen LogP contribution in [0.25, 0.3) is 0 Å². The largest absolute Gasteiger partial charge is 0.381 e. The normalized spacial score (nSPS) is 26.8. The lowest BCUT2D eigenvalue weighted by Crippen LogP contribution is -2.35. The molecule has 1 saturated heterocycles. The summed E-state index contributed by atoms with van der Waals surface area (Å²) in [6, 6.07) is 0.470. The van der Waals surface area contributed by atoms with E-state index in [2.05, 4.69) is 41.3 Å². The highest BCUT2D eigenvalue weighted by Gasteiger charge is 2.31. The molecule has 110 valence electrons. The van der Waals surface area contributed by atoms with E-state index in [-0.39, 0.29) is 0 Å². The number of hydrogen-bond donors (Lipinski definition) is 0. The van der Waals surface area contributed by atoms with Crippen molar-refractivity contribution < 1.29 is 4.74 Å². The summed E-state index contributed by atoms with van der Waals surface area (Å²) < 4.78 is 5.48. The van der Waals surface area contributed by atoms with E-state index < -0.39 is 0 Å². The number of hydrogen-bond acceptors (Lipinski definition) is 4. The van der Waals surface area contributed by atoms with Gasteiger partial charge in [-0.1, -0.05) is 17.7 Å². The highest BCUT2D eigenvalue weighted by atomic mass is 16.5. The summed E-state index contributed by atoms with van der Waals surface area (Å²) in [5.41, 5.74) is 2.97. The minimum Gasteiger partial charge on any atom is -0.381 e. The number of allylic oxidation sites excluding steroid dienone is 2. The molecule has 1 unspecified atom stereocenters. The number of fused-ring (bicyclic) bond motifs is 1. The van der Waals surface area contributed by atoms with Crippen LogP contribution in [0.5, 0.6) is 0 Å². The van der Waals surface area contributed by atoms with Gasteiger partial charge >= 0.3 is 0 Å². The quantitative estimate of drug-likeness (QED) is 0.784. The van der Waals surface area contributed by atoms with Crippen molar-refractivity contribution in [3.05, 3.63) is 23.3 Å². The second kappa shape index (κ2) is 6.10. The van der Waals surface area contributed by atoms with Crippen LogP contribution in [0.3, 0.4) is 0 Å². The van der Waals surface area contributed by atoms with Crippen LogP contribution in [0.4, 0.5) is 0 Å². The molecule has 0 aromatic carbocycles. The Labute approximate surface area is 121 Å². The standard InChI is InChI=1S/C16H25N3O/c1-18(2)7-8-19-16-11-14(3-4-15(16)12-17-19)13-5-9-20-10-6-13/h3-4,12-13,16H,5-11H2,1-2H3. The monoisotopic (exact) mass is 275 g/mol.